The van der Waals surface area contributed by atoms with Crippen LogP contribution in [-0.4, -0.2) is 12.3 Å². The molecule has 0 aliphatic heterocycles. The van der Waals surface area contributed by atoms with E-state index in [0.717, 1.165) is 24.2 Å². The lowest BCUT2D eigenvalue weighted by Gasteiger charge is -2.18. The number of hydrogen-bond acceptors (Lipinski definition) is 2. The van der Waals surface area contributed by atoms with Crippen molar-refractivity contribution in [2.75, 3.05) is 6.54 Å². The molecule has 0 aliphatic carbocycles. The first-order valence-electron chi connectivity index (χ1n) is 8.26. The molecule has 0 unspecified atom stereocenters. The Hall–Kier alpha value is -2.37. The van der Waals surface area contributed by atoms with Gasteiger partial charge in [0.1, 0.15) is 0 Å². The van der Waals surface area contributed by atoms with Gasteiger partial charge in [-0.3, -0.25) is 4.79 Å². The predicted molar refractivity (Wildman–Crippen MR) is 100 cm³/mol. The minimum Gasteiger partial charge on any atom is -0.312 e. The molecule has 0 heterocycles. The Balaban J connectivity index is 1.95. The zero-order valence-corrected chi connectivity index (χ0v) is 14.9. The number of nitrogens with one attached hydrogen (secondary N) is 1. The highest BCUT2D eigenvalue weighted by Crippen LogP contribution is 2.11. The summed E-state index contributed by atoms with van der Waals surface area (Å²) in [5.74, 6) is 6.37. The molecule has 0 saturated carbocycles. The van der Waals surface area contributed by atoms with Crippen LogP contribution in [0.2, 0.25) is 0 Å². The normalized spacial score (nSPS) is 10.8. The van der Waals surface area contributed by atoms with Crippen LogP contribution in [0.1, 0.15) is 54.7 Å². The molecule has 0 saturated heterocycles. The molecule has 0 radical (unpaired) electrons. The summed E-state index contributed by atoms with van der Waals surface area (Å²) in [6.07, 6.45) is 0. The van der Waals surface area contributed by atoms with E-state index in [9.17, 15) is 4.79 Å². The molecule has 24 heavy (non-hydrogen) atoms. The van der Waals surface area contributed by atoms with Crippen molar-refractivity contribution in [3.63, 3.8) is 0 Å². The van der Waals surface area contributed by atoms with Gasteiger partial charge in [0, 0.05) is 29.8 Å². The van der Waals surface area contributed by atoms with E-state index >= 15 is 0 Å². The standard InChI is InChI=1S/C22H25NO/c1-17(24)21-13-11-19(12-14-21)6-5-18-7-9-20(10-8-18)15-23-16-22(2,3)4/h7-14,23H,15-16H2,1-4H3. The van der Waals surface area contributed by atoms with Crippen LogP contribution in [0, 0.1) is 17.3 Å². The summed E-state index contributed by atoms with van der Waals surface area (Å²) in [7, 11) is 0. The number of rotatable bonds is 4. The fourth-order valence-corrected chi connectivity index (χ4v) is 2.22. The third kappa shape index (κ3) is 6.02. The van der Waals surface area contributed by atoms with Crippen LogP contribution in [0.3, 0.4) is 0 Å². The number of Topliss-reactive ketones (excluding diaryl/α,β-unsaturated/α-hetero) is 1. The average molecular weight is 319 g/mol. The number of carbonyl (C=O) groups excluding carboxylic acids is 1. The fraction of sp³-hybridized carbons (Fsp3) is 0.318. The molecule has 2 aromatic rings. The van der Waals surface area contributed by atoms with E-state index < -0.39 is 0 Å². The van der Waals surface area contributed by atoms with Gasteiger partial charge in [-0.2, -0.15) is 0 Å². The summed E-state index contributed by atoms with van der Waals surface area (Å²) in [5.41, 5.74) is 4.17. The molecule has 0 atom stereocenters. The third-order valence-corrected chi connectivity index (χ3v) is 3.58. The van der Waals surface area contributed by atoms with Crippen LogP contribution in [0.15, 0.2) is 48.5 Å². The average Bonchev–Trinajstić information content (AvgIpc) is 2.53. The second kappa shape index (κ2) is 7.95. The molecular weight excluding hydrogens is 294 g/mol. The second-order valence-electron chi connectivity index (χ2n) is 7.24. The van der Waals surface area contributed by atoms with Crippen LogP contribution in [0.25, 0.3) is 0 Å². The highest BCUT2D eigenvalue weighted by molar-refractivity contribution is 5.94. The molecule has 0 amide bonds. The van der Waals surface area contributed by atoms with Gasteiger partial charge in [0.05, 0.1) is 0 Å². The molecule has 0 bridgehead atoms. The maximum absolute atomic E-state index is 11.3. The smallest absolute Gasteiger partial charge is 0.159 e. The van der Waals surface area contributed by atoms with Crippen molar-refractivity contribution in [3.05, 3.63) is 70.8 Å². The molecule has 0 aromatic heterocycles. The lowest BCUT2D eigenvalue weighted by molar-refractivity contribution is 0.101. The molecule has 2 heteroatoms. The lowest BCUT2D eigenvalue weighted by Crippen LogP contribution is -2.26. The van der Waals surface area contributed by atoms with Crippen LogP contribution in [0.4, 0.5) is 0 Å². The quantitative estimate of drug-likeness (QED) is 0.667. The van der Waals surface area contributed by atoms with Crippen molar-refractivity contribution in [3.8, 4) is 11.8 Å². The summed E-state index contributed by atoms with van der Waals surface area (Å²) in [4.78, 5) is 11.3. The largest absolute Gasteiger partial charge is 0.312 e. The predicted octanol–water partition coefficient (Wildman–Crippen LogP) is 4.42. The van der Waals surface area contributed by atoms with Crippen molar-refractivity contribution in [1.29, 1.82) is 0 Å². The van der Waals surface area contributed by atoms with Crippen molar-refractivity contribution in [2.24, 2.45) is 5.41 Å². The maximum Gasteiger partial charge on any atom is 0.159 e. The van der Waals surface area contributed by atoms with E-state index in [0.29, 0.717) is 11.0 Å². The van der Waals surface area contributed by atoms with Crippen molar-refractivity contribution in [1.82, 2.24) is 5.32 Å². The van der Waals surface area contributed by atoms with E-state index in [-0.39, 0.29) is 5.78 Å². The van der Waals surface area contributed by atoms with Gasteiger partial charge in [-0.1, -0.05) is 56.9 Å². The zero-order chi connectivity index (χ0) is 17.6. The van der Waals surface area contributed by atoms with Gasteiger partial charge in [-0.05, 0) is 42.2 Å². The molecule has 2 aromatic carbocycles. The highest BCUT2D eigenvalue weighted by Gasteiger charge is 2.08. The molecule has 124 valence electrons. The van der Waals surface area contributed by atoms with Gasteiger partial charge in [-0.25, -0.2) is 0 Å². The van der Waals surface area contributed by atoms with E-state index in [1.54, 1.807) is 6.92 Å². The first-order valence-corrected chi connectivity index (χ1v) is 8.26. The van der Waals surface area contributed by atoms with Gasteiger partial charge in [-0.15, -0.1) is 0 Å². The molecule has 0 fully saturated rings. The maximum atomic E-state index is 11.3. The molecule has 0 aliphatic rings. The third-order valence-electron chi connectivity index (χ3n) is 3.58. The minimum absolute atomic E-state index is 0.0742. The van der Waals surface area contributed by atoms with Gasteiger partial charge in [0.25, 0.3) is 0 Å². The summed E-state index contributed by atoms with van der Waals surface area (Å²) in [6.45, 7) is 10.1. The number of benzene rings is 2. The lowest BCUT2D eigenvalue weighted by atomic mass is 9.97. The van der Waals surface area contributed by atoms with Crippen LogP contribution in [0.5, 0.6) is 0 Å². The first kappa shape index (κ1) is 18.0. The summed E-state index contributed by atoms with van der Waals surface area (Å²) in [6, 6.07) is 15.7. The monoisotopic (exact) mass is 319 g/mol. The van der Waals surface area contributed by atoms with Crippen LogP contribution < -0.4 is 5.32 Å². The van der Waals surface area contributed by atoms with Crippen molar-refractivity contribution in [2.45, 2.75) is 34.2 Å². The molecule has 0 spiro atoms. The Kier molecular flexibility index (Phi) is 5.95. The SMILES string of the molecule is CC(=O)c1ccc(C#Cc2ccc(CNCC(C)(C)C)cc2)cc1. The van der Waals surface area contributed by atoms with Crippen LogP contribution in [-0.2, 0) is 6.54 Å². The Morgan fingerprint density at radius 3 is 1.88 bits per heavy atom. The Labute approximate surface area is 145 Å². The summed E-state index contributed by atoms with van der Waals surface area (Å²) < 4.78 is 0. The summed E-state index contributed by atoms with van der Waals surface area (Å²) in [5, 5.41) is 3.47. The van der Waals surface area contributed by atoms with Crippen molar-refractivity contribution >= 4 is 5.78 Å². The van der Waals surface area contributed by atoms with E-state index in [1.165, 1.54) is 5.56 Å². The van der Waals surface area contributed by atoms with Gasteiger partial charge >= 0.3 is 0 Å². The fourth-order valence-electron chi connectivity index (χ4n) is 2.22. The summed E-state index contributed by atoms with van der Waals surface area (Å²) >= 11 is 0. The minimum atomic E-state index is 0.0742. The molecule has 1 N–H and O–H groups in total. The molecule has 2 nitrogen and oxygen atoms in total. The van der Waals surface area contributed by atoms with Crippen LogP contribution >= 0.6 is 0 Å². The zero-order valence-electron chi connectivity index (χ0n) is 14.9. The Bertz CT molecular complexity index is 738. The Morgan fingerprint density at radius 1 is 0.917 bits per heavy atom. The topological polar surface area (TPSA) is 29.1 Å². The number of hydrogen-bond donors (Lipinski definition) is 1. The van der Waals surface area contributed by atoms with Gasteiger partial charge in [0.15, 0.2) is 5.78 Å². The van der Waals surface area contributed by atoms with E-state index in [1.807, 2.05) is 36.4 Å². The van der Waals surface area contributed by atoms with Gasteiger partial charge < -0.3 is 5.32 Å². The number of ketones is 1. The van der Waals surface area contributed by atoms with Crippen molar-refractivity contribution < 1.29 is 4.79 Å². The first-order chi connectivity index (χ1) is 11.3. The van der Waals surface area contributed by atoms with E-state index in [4.69, 9.17) is 0 Å². The molecular formula is C22H25NO. The van der Waals surface area contributed by atoms with Gasteiger partial charge in [0.2, 0.25) is 0 Å². The number of carbonyl (C=O) groups is 1. The van der Waals surface area contributed by atoms with E-state index in [2.05, 4.69) is 50.1 Å². The highest BCUT2D eigenvalue weighted by atomic mass is 16.1. The Morgan fingerprint density at radius 2 is 1.42 bits per heavy atom. The second-order valence-corrected chi connectivity index (χ2v) is 7.24. The molecule has 2 rings (SSSR count).